The number of hydrogen-bond acceptors (Lipinski definition) is 22. The Labute approximate surface area is 827 Å². The van der Waals surface area contributed by atoms with Crippen LogP contribution in [0.5, 0.6) is 34.5 Å². The molecule has 6 saturated heterocycles. The lowest BCUT2D eigenvalue weighted by Crippen LogP contribution is -2.38. The van der Waals surface area contributed by atoms with Crippen LogP contribution in [0.3, 0.4) is 0 Å². The zero-order valence-corrected chi connectivity index (χ0v) is 85.8. The molecule has 11 aliphatic rings. The highest BCUT2D eigenvalue weighted by atomic mass is 79.9. The molecule has 136 heavy (non-hydrogen) atoms. The number of hydrogen-bond donors (Lipinski definition) is 1. The number of fused-ring (bicyclic) bond motifs is 5. The van der Waals surface area contributed by atoms with Crippen LogP contribution < -0.4 is 23.7 Å². The fourth-order valence-corrected chi connectivity index (χ4v) is 19.5. The van der Waals surface area contributed by atoms with Crippen molar-refractivity contribution in [3.8, 4) is 62.9 Å². The van der Waals surface area contributed by atoms with Crippen LogP contribution in [-0.4, -0.2) is 178 Å². The van der Waals surface area contributed by atoms with Gasteiger partial charge < -0.3 is 62.0 Å². The van der Waals surface area contributed by atoms with Crippen LogP contribution in [0.2, 0.25) is 39.3 Å². The van der Waals surface area contributed by atoms with E-state index in [-0.39, 0.29) is 82.9 Å². The molecule has 724 valence electrons. The molecule has 11 heterocycles. The van der Waals surface area contributed by atoms with E-state index in [9.17, 15) is 46.3 Å². The molecule has 32 heteroatoms. The molecule has 11 atom stereocenters. The minimum absolute atomic E-state index is 0.00412. The first kappa shape index (κ1) is 106. The number of aromatic hydroxyl groups is 1. The number of rotatable bonds is 11. The van der Waals surface area contributed by atoms with Gasteiger partial charge in [-0.15, -0.1) is 0 Å². The number of phenolic OH excluding ortho intramolecular Hbond substituents is 1. The number of ketones is 5. The lowest BCUT2D eigenvalue weighted by atomic mass is 9.87. The zero-order valence-electron chi connectivity index (χ0n) is 77.5. The first-order valence-electron chi connectivity index (χ1n) is 46.3. The zero-order chi connectivity index (χ0) is 97.2. The van der Waals surface area contributed by atoms with E-state index in [2.05, 4.69) is 123 Å². The molecule has 0 aromatic heterocycles. The maximum absolute atomic E-state index is 13.6. The van der Waals surface area contributed by atoms with Crippen molar-refractivity contribution in [2.75, 3.05) is 79.3 Å². The van der Waals surface area contributed by atoms with Crippen molar-refractivity contribution in [3.63, 3.8) is 0 Å². The topological polar surface area (TPSA) is 285 Å². The summed E-state index contributed by atoms with van der Waals surface area (Å²) in [6.07, 6.45) is 17.2. The van der Waals surface area contributed by atoms with Gasteiger partial charge in [-0.25, -0.2) is 17.6 Å². The van der Waals surface area contributed by atoms with Gasteiger partial charge in [0.15, 0.2) is 45.4 Å². The second-order valence-corrected chi connectivity index (χ2v) is 50.0. The number of halogens is 8. The number of carbonyl (C=O) groups is 6. The second kappa shape index (κ2) is 51.2. The summed E-state index contributed by atoms with van der Waals surface area (Å²) in [5.41, 5.74) is 6.26. The monoisotopic (exact) mass is 2160 g/mol. The predicted molar refractivity (Wildman–Crippen MR) is 530 cm³/mol. The largest absolute Gasteiger partial charge is 0.507 e. The number of nitrogens with zero attached hydrogens (tertiary/aromatic N) is 4. The van der Waals surface area contributed by atoms with Gasteiger partial charge in [0.2, 0.25) is 6.19 Å². The number of nitriles is 1. The lowest BCUT2D eigenvalue weighted by molar-refractivity contribution is -0.114. The SMILES string of the molecule is CC(=O)c1cc(Br)ccc1O.C[Si](C)(C)N=C=N[Si](C)(C)C.N#CN=C1C[C@@H]([C@H]2CCCOC2)Oc2ccc(-c3cc(F)cc(F)c3)cc21.O=C1C[C@@H]([C@@H]2CCCOC2)Oc2ccc(Br)cc21.O=C1C[C@@H]([C@H]2CCCOC2)Oc2ccc(-c3cc(F)cc(F)c3)cc21.O=C1C[C@@H]([C@H]2CCCOC2)Oc2ccc(Br)cc21.O=C1C[C@@H]([C@H]2CCCOC2)Oc2ccc(Br)cc21.O=CC1CCCOC1. The Morgan fingerprint density at radius 2 is 0.684 bits per heavy atom. The highest BCUT2D eigenvalue weighted by Gasteiger charge is 2.40. The highest BCUT2D eigenvalue weighted by Crippen LogP contribution is 2.42. The lowest BCUT2D eigenvalue weighted by Gasteiger charge is -2.34. The van der Waals surface area contributed by atoms with Gasteiger partial charge in [-0.3, -0.25) is 33.3 Å². The van der Waals surface area contributed by atoms with Crippen molar-refractivity contribution in [1.82, 2.24) is 0 Å². The second-order valence-electron chi connectivity index (χ2n) is 37.2. The molecule has 0 bridgehead atoms. The van der Waals surface area contributed by atoms with E-state index in [1.165, 1.54) is 37.3 Å². The summed E-state index contributed by atoms with van der Waals surface area (Å²) < 4.78 is 129. The smallest absolute Gasteiger partial charge is 0.205 e. The van der Waals surface area contributed by atoms with Gasteiger partial charge in [0.25, 0.3) is 0 Å². The Hall–Kier alpha value is -9.05. The summed E-state index contributed by atoms with van der Waals surface area (Å²) in [5, 5.41) is 18.3. The van der Waals surface area contributed by atoms with E-state index in [1.807, 2.05) is 60.8 Å². The molecule has 8 aromatic rings. The Morgan fingerprint density at radius 3 is 0.971 bits per heavy atom. The van der Waals surface area contributed by atoms with E-state index < -0.39 is 39.7 Å². The van der Waals surface area contributed by atoms with E-state index in [4.69, 9.17) is 62.5 Å². The molecule has 19 rings (SSSR count). The molecule has 8 aromatic carbocycles. The van der Waals surface area contributed by atoms with Crippen molar-refractivity contribution in [2.45, 2.75) is 186 Å². The molecule has 11 aliphatic heterocycles. The van der Waals surface area contributed by atoms with Gasteiger partial charge in [-0.1, -0.05) is 75.9 Å². The number of aldehydes is 1. The Kier molecular flexibility index (Phi) is 39.9. The normalized spacial score (nSPS) is 23.3. The molecular formula is C104H116Br4F4N4O18Si2. The van der Waals surface area contributed by atoms with Gasteiger partial charge in [-0.05, 0) is 267 Å². The van der Waals surface area contributed by atoms with E-state index in [0.717, 1.165) is 153 Å². The van der Waals surface area contributed by atoms with Crippen molar-refractivity contribution in [2.24, 2.45) is 49.8 Å². The number of benzene rings is 8. The minimum Gasteiger partial charge on any atom is -0.507 e. The Balaban J connectivity index is 0.000000143. The number of phenols is 1. The fourth-order valence-electron chi connectivity index (χ4n) is 17.2. The maximum Gasteiger partial charge on any atom is 0.205 e. The summed E-state index contributed by atoms with van der Waals surface area (Å²) in [4.78, 5) is 73.9. The average molecular weight is 2160 g/mol. The third-order valence-electron chi connectivity index (χ3n) is 24.3. The number of ether oxygens (including phenoxy) is 11. The minimum atomic E-state index is -1.31. The molecule has 1 unspecified atom stereocenters. The van der Waals surface area contributed by atoms with Gasteiger partial charge in [0, 0.05) is 143 Å². The first-order chi connectivity index (χ1) is 65.2. The van der Waals surface area contributed by atoms with Gasteiger partial charge in [0.1, 0.15) is 94.6 Å². The number of aliphatic imine (C=N–C) groups is 1. The Bertz CT molecular complexity index is 5370. The number of carbonyl (C=O) groups excluding carboxylic acids is 6. The molecular weight excluding hydrogens is 2040 g/mol. The summed E-state index contributed by atoms with van der Waals surface area (Å²) in [6, 6.07) is 41.6. The molecule has 22 nitrogen and oxygen atoms in total. The van der Waals surface area contributed by atoms with Crippen molar-refractivity contribution < 1.29 is 104 Å². The van der Waals surface area contributed by atoms with E-state index in [1.54, 1.807) is 48.5 Å². The third-order valence-corrected chi connectivity index (χ3v) is 27.8. The van der Waals surface area contributed by atoms with Crippen LogP contribution in [0.4, 0.5) is 17.6 Å². The molecule has 1 N–H and O–H groups in total. The highest BCUT2D eigenvalue weighted by molar-refractivity contribution is 9.11. The molecule has 0 spiro atoms. The van der Waals surface area contributed by atoms with Crippen LogP contribution >= 0.6 is 63.7 Å². The van der Waals surface area contributed by atoms with Crippen LogP contribution in [0, 0.1) is 70.2 Å². The average Bonchev–Trinajstić information content (AvgIpc) is 0.807. The van der Waals surface area contributed by atoms with Crippen molar-refractivity contribution >= 4 is 127 Å². The quantitative estimate of drug-likeness (QED) is 0.0314. The third kappa shape index (κ3) is 31.7. The molecule has 0 radical (unpaired) electrons. The van der Waals surface area contributed by atoms with E-state index >= 15 is 0 Å². The maximum atomic E-state index is 13.6. The van der Waals surface area contributed by atoms with Crippen molar-refractivity contribution in [1.29, 1.82) is 5.26 Å². The Morgan fingerprint density at radius 1 is 0.390 bits per heavy atom. The van der Waals surface area contributed by atoms with Crippen LogP contribution in [-0.2, 0) is 33.2 Å². The van der Waals surface area contributed by atoms with Gasteiger partial charge in [0.05, 0.1) is 79.2 Å². The summed E-state index contributed by atoms with van der Waals surface area (Å²) >= 11 is 13.3. The van der Waals surface area contributed by atoms with Gasteiger partial charge >= 0.3 is 0 Å². The standard InChI is InChI=1S/C21H18F2N2O2.C20H18F2O3.3C14H15BrO3.C8H7BrO2.C7H18N2Si2.C6H10O2/c22-16-6-15(7-17(23)9-16)13-3-4-20-18(8-13)19(25-12-24)10-21(27-20)14-2-1-5-26-11-14;21-15-6-14(7-16(22)9-15)12-3-4-19-17(8-12)18(23)10-20(25-19)13-2-1-5-24-11-13;3*15-10-3-4-13-11(6-10)12(16)7-14(18-13)9-2-1-5-17-8-9;1-5(10)7-4-6(9)2-3-8(7)11;1-10(2,3)8-7-9-11(4,5)6;7-4-6-2-1-3-8-5-6/h3-4,6-9,14,21H,1-2,5,10-11H2;3-4,6-9,13,20H,1-2,5,10-11H2;3*3-4,6,9,14H,1-2,5,7-8H2;2-4,11H,1H3;1-6H3;4,6H,1-3,5H2/t14-,21-;13-,20-;9-,14+;2*9-,14-;;;/m00100.../s1. The van der Waals surface area contributed by atoms with E-state index in [0.29, 0.717) is 180 Å². The fraction of sp³-hybridized carbons (Fsp3) is 0.452. The number of Topliss-reactive ketones (excluding diaryl/α,β-unsaturated/α-hetero) is 5. The molecule has 0 amide bonds. The summed E-state index contributed by atoms with van der Waals surface area (Å²) in [5.74, 6) is 2.86. The van der Waals surface area contributed by atoms with Crippen LogP contribution in [0.1, 0.15) is 173 Å². The van der Waals surface area contributed by atoms with Crippen LogP contribution in [0.25, 0.3) is 22.3 Å². The molecule has 0 aliphatic carbocycles. The first-order valence-corrected chi connectivity index (χ1v) is 56.4. The predicted octanol–water partition coefficient (Wildman–Crippen LogP) is 24.3. The summed E-state index contributed by atoms with van der Waals surface area (Å²) in [7, 11) is -2.63. The van der Waals surface area contributed by atoms with Gasteiger partial charge in [-0.2, -0.15) is 10.3 Å². The molecule has 0 saturated carbocycles. The molecule has 6 fully saturated rings. The van der Waals surface area contributed by atoms with Crippen molar-refractivity contribution in [3.05, 3.63) is 220 Å². The van der Waals surface area contributed by atoms with Crippen LogP contribution in [0.15, 0.2) is 178 Å². The summed E-state index contributed by atoms with van der Waals surface area (Å²) in [6.45, 7) is 23.4.